The molecule has 0 unspecified atom stereocenters. The summed E-state index contributed by atoms with van der Waals surface area (Å²) in [7, 11) is 0. The molecular weight excluding hydrogens is 328 g/mol. The smallest absolute Gasteiger partial charge is 0.269 e. The van der Waals surface area contributed by atoms with Crippen molar-refractivity contribution in [1.82, 2.24) is 14.9 Å². The minimum atomic E-state index is -0.110. The summed E-state index contributed by atoms with van der Waals surface area (Å²) in [6, 6.07) is 0. The van der Waals surface area contributed by atoms with E-state index in [2.05, 4.69) is 27.1 Å². The second-order valence-corrected chi connectivity index (χ2v) is 8.27. The van der Waals surface area contributed by atoms with Gasteiger partial charge in [0.1, 0.15) is 4.88 Å². The van der Waals surface area contributed by atoms with Gasteiger partial charge in [0.15, 0.2) is 5.13 Å². The topological polar surface area (TPSA) is 58.1 Å². The highest BCUT2D eigenvalue weighted by Crippen LogP contribution is 2.23. The molecule has 0 saturated carbocycles. The van der Waals surface area contributed by atoms with Crippen LogP contribution < -0.4 is 5.32 Å². The van der Waals surface area contributed by atoms with Gasteiger partial charge in [0, 0.05) is 11.9 Å². The number of anilines is 1. The Labute approximate surface area is 144 Å². The van der Waals surface area contributed by atoms with Crippen LogP contribution in [0.1, 0.15) is 45.8 Å². The molecule has 1 fully saturated rings. The molecule has 0 radical (unpaired) electrons. The minimum absolute atomic E-state index is 0.110. The number of aryl methyl sites for hydroxylation is 2. The van der Waals surface area contributed by atoms with Crippen LogP contribution in [0.5, 0.6) is 0 Å². The Kier molecular flexibility index (Phi) is 5.08. The second-order valence-electron chi connectivity index (χ2n) is 6.20. The second kappa shape index (κ2) is 7.07. The van der Waals surface area contributed by atoms with E-state index in [-0.39, 0.29) is 5.91 Å². The van der Waals surface area contributed by atoms with Crippen molar-refractivity contribution in [2.24, 2.45) is 5.92 Å². The molecule has 7 heteroatoms. The van der Waals surface area contributed by atoms with Crippen LogP contribution in [0.4, 0.5) is 5.13 Å². The van der Waals surface area contributed by atoms with E-state index in [0.29, 0.717) is 10.0 Å². The molecule has 5 nitrogen and oxygen atoms in total. The van der Waals surface area contributed by atoms with Gasteiger partial charge in [0.2, 0.25) is 0 Å². The molecule has 0 atom stereocenters. The summed E-state index contributed by atoms with van der Waals surface area (Å²) in [5.41, 5.74) is 1.82. The molecule has 1 saturated heterocycles. The van der Waals surface area contributed by atoms with E-state index in [0.717, 1.165) is 41.9 Å². The molecule has 3 rings (SSSR count). The fourth-order valence-electron chi connectivity index (χ4n) is 2.78. The van der Waals surface area contributed by atoms with E-state index in [1.165, 1.54) is 35.5 Å². The molecule has 2 aromatic heterocycles. The lowest BCUT2D eigenvalue weighted by Crippen LogP contribution is -2.32. The number of nitrogens with one attached hydrogen (secondary N) is 1. The zero-order valence-electron chi connectivity index (χ0n) is 13.8. The first-order valence-corrected chi connectivity index (χ1v) is 9.63. The van der Waals surface area contributed by atoms with Crippen molar-refractivity contribution < 1.29 is 4.79 Å². The van der Waals surface area contributed by atoms with E-state index in [1.54, 1.807) is 0 Å². The van der Waals surface area contributed by atoms with Crippen LogP contribution in [-0.4, -0.2) is 33.9 Å². The lowest BCUT2D eigenvalue weighted by atomic mass is 9.99. The van der Waals surface area contributed by atoms with Crippen LogP contribution in [0.2, 0.25) is 0 Å². The molecular formula is C16H22N4OS2. The summed E-state index contributed by atoms with van der Waals surface area (Å²) in [4.78, 5) is 24.3. The van der Waals surface area contributed by atoms with Crippen molar-refractivity contribution in [3.8, 4) is 0 Å². The molecule has 0 aliphatic carbocycles. The maximum atomic E-state index is 12.3. The van der Waals surface area contributed by atoms with Crippen molar-refractivity contribution >= 4 is 33.7 Å². The highest BCUT2D eigenvalue weighted by atomic mass is 32.1. The van der Waals surface area contributed by atoms with Gasteiger partial charge >= 0.3 is 0 Å². The van der Waals surface area contributed by atoms with Crippen molar-refractivity contribution in [2.75, 3.05) is 18.4 Å². The van der Waals surface area contributed by atoms with Crippen LogP contribution in [0.3, 0.4) is 0 Å². The first kappa shape index (κ1) is 16.5. The highest BCUT2D eigenvalue weighted by molar-refractivity contribution is 7.15. The number of hydrogen-bond acceptors (Lipinski definition) is 6. The number of rotatable bonds is 4. The average molecular weight is 351 g/mol. The first-order valence-electron chi connectivity index (χ1n) is 7.93. The third-order valence-electron chi connectivity index (χ3n) is 4.14. The monoisotopic (exact) mass is 350 g/mol. The first-order chi connectivity index (χ1) is 11.0. The number of likely N-dealkylation sites (tertiary alicyclic amines) is 1. The number of carbonyl (C=O) groups excluding carboxylic acids is 1. The number of hydrogen-bond donors (Lipinski definition) is 1. The highest BCUT2D eigenvalue weighted by Gasteiger charge is 2.18. The molecule has 1 amide bonds. The minimum Gasteiger partial charge on any atom is -0.297 e. The SMILES string of the molecule is Cc1nc(C)c(C(=O)Nc2nc(CN3CCC(C)CC3)cs2)s1. The maximum absolute atomic E-state index is 12.3. The van der Waals surface area contributed by atoms with Gasteiger partial charge in [-0.05, 0) is 45.7 Å². The Hall–Kier alpha value is -1.31. The molecule has 3 heterocycles. The van der Waals surface area contributed by atoms with E-state index in [9.17, 15) is 4.79 Å². The molecule has 23 heavy (non-hydrogen) atoms. The Morgan fingerprint density at radius 1 is 1.35 bits per heavy atom. The number of nitrogens with zero attached hydrogens (tertiary/aromatic N) is 3. The summed E-state index contributed by atoms with van der Waals surface area (Å²) < 4.78 is 0. The van der Waals surface area contributed by atoms with Gasteiger partial charge in [-0.3, -0.25) is 15.0 Å². The fourth-order valence-corrected chi connectivity index (χ4v) is 4.29. The van der Waals surface area contributed by atoms with Gasteiger partial charge < -0.3 is 0 Å². The predicted molar refractivity (Wildman–Crippen MR) is 95.3 cm³/mol. The van der Waals surface area contributed by atoms with Gasteiger partial charge in [-0.15, -0.1) is 22.7 Å². The maximum Gasteiger partial charge on any atom is 0.269 e. The Bertz CT molecular complexity index is 686. The third kappa shape index (κ3) is 4.16. The van der Waals surface area contributed by atoms with Crippen LogP contribution in [0, 0.1) is 19.8 Å². The standard InChI is InChI=1S/C16H22N4OS2/c1-10-4-6-20(7-5-10)8-13-9-22-16(18-13)19-15(21)14-11(2)17-12(3)23-14/h9-10H,4-8H2,1-3H3,(H,18,19,21). The summed E-state index contributed by atoms with van der Waals surface area (Å²) in [5, 5.41) is 6.51. The summed E-state index contributed by atoms with van der Waals surface area (Å²) in [6.07, 6.45) is 2.52. The predicted octanol–water partition coefficient (Wildman–Crippen LogP) is 3.70. The van der Waals surface area contributed by atoms with Crippen LogP contribution in [-0.2, 0) is 6.54 Å². The molecule has 0 spiro atoms. The number of aromatic nitrogens is 2. The fraction of sp³-hybridized carbons (Fsp3) is 0.562. The molecule has 1 aliphatic heterocycles. The van der Waals surface area contributed by atoms with E-state index >= 15 is 0 Å². The molecule has 124 valence electrons. The van der Waals surface area contributed by atoms with Crippen LogP contribution >= 0.6 is 22.7 Å². The molecule has 0 aromatic carbocycles. The van der Waals surface area contributed by atoms with Gasteiger partial charge in [0.25, 0.3) is 5.91 Å². The van der Waals surface area contributed by atoms with Crippen molar-refractivity contribution in [3.63, 3.8) is 0 Å². The Morgan fingerprint density at radius 3 is 2.74 bits per heavy atom. The summed E-state index contributed by atoms with van der Waals surface area (Å²) in [6.45, 7) is 9.24. The lowest BCUT2D eigenvalue weighted by molar-refractivity contribution is 0.102. The molecule has 2 aromatic rings. The zero-order chi connectivity index (χ0) is 16.4. The zero-order valence-corrected chi connectivity index (χ0v) is 15.4. The average Bonchev–Trinajstić information content (AvgIpc) is 3.07. The number of amides is 1. The summed E-state index contributed by atoms with van der Waals surface area (Å²) >= 11 is 2.91. The van der Waals surface area contributed by atoms with Crippen molar-refractivity contribution in [2.45, 2.75) is 40.2 Å². The van der Waals surface area contributed by atoms with Crippen molar-refractivity contribution in [1.29, 1.82) is 0 Å². The van der Waals surface area contributed by atoms with Crippen LogP contribution in [0.25, 0.3) is 0 Å². The molecule has 1 N–H and O–H groups in total. The normalized spacial score (nSPS) is 16.7. The Balaban J connectivity index is 1.59. The number of thiazole rings is 2. The van der Waals surface area contributed by atoms with E-state index < -0.39 is 0 Å². The van der Waals surface area contributed by atoms with Crippen molar-refractivity contribution in [3.05, 3.63) is 26.7 Å². The number of piperidine rings is 1. The van der Waals surface area contributed by atoms with Crippen LogP contribution in [0.15, 0.2) is 5.38 Å². The third-order valence-corrected chi connectivity index (χ3v) is 6.02. The number of carbonyl (C=O) groups is 1. The van der Waals surface area contributed by atoms with E-state index in [1.807, 2.05) is 19.2 Å². The van der Waals surface area contributed by atoms with Gasteiger partial charge in [-0.25, -0.2) is 9.97 Å². The quantitative estimate of drug-likeness (QED) is 0.913. The van der Waals surface area contributed by atoms with Gasteiger partial charge in [-0.2, -0.15) is 0 Å². The molecule has 1 aliphatic rings. The molecule has 0 bridgehead atoms. The Morgan fingerprint density at radius 2 is 2.09 bits per heavy atom. The largest absolute Gasteiger partial charge is 0.297 e. The van der Waals surface area contributed by atoms with E-state index in [4.69, 9.17) is 0 Å². The lowest BCUT2D eigenvalue weighted by Gasteiger charge is -2.29. The van der Waals surface area contributed by atoms with Gasteiger partial charge in [0.05, 0.1) is 16.4 Å². The summed E-state index contributed by atoms with van der Waals surface area (Å²) in [5.74, 6) is 0.725. The van der Waals surface area contributed by atoms with Gasteiger partial charge in [-0.1, -0.05) is 6.92 Å².